The molecule has 5 nitrogen and oxygen atoms in total. The van der Waals surface area contributed by atoms with Gasteiger partial charge in [0.25, 0.3) is 5.78 Å². The lowest BCUT2D eigenvalue weighted by Gasteiger charge is -2.28. The van der Waals surface area contributed by atoms with Crippen LogP contribution < -0.4 is 0 Å². The van der Waals surface area contributed by atoms with E-state index in [-0.39, 0.29) is 12.4 Å². The van der Waals surface area contributed by atoms with Gasteiger partial charge in [-0.05, 0) is 6.92 Å². The van der Waals surface area contributed by atoms with E-state index in [1.807, 2.05) is 6.07 Å². The van der Waals surface area contributed by atoms with E-state index < -0.39 is 11.8 Å². The molecule has 2 aromatic rings. The third-order valence-corrected chi connectivity index (χ3v) is 3.60. The maximum atomic E-state index is 12.6. The number of hydrogen-bond donors (Lipinski definition) is 0. The molecule has 0 aliphatic heterocycles. The summed E-state index contributed by atoms with van der Waals surface area (Å²) in [5.74, 6) is -2.35. The van der Waals surface area contributed by atoms with Crippen molar-refractivity contribution in [3.05, 3.63) is 71.3 Å². The van der Waals surface area contributed by atoms with Gasteiger partial charge in [-0.2, -0.15) is 0 Å². The zero-order valence-electron chi connectivity index (χ0n) is 13.9. The minimum Gasteiger partial charge on any atom is -0.324 e. The van der Waals surface area contributed by atoms with Crippen LogP contribution in [0.5, 0.6) is 0 Å². The smallest absolute Gasteiger partial charge is 0.324 e. The zero-order chi connectivity index (χ0) is 17.6. The van der Waals surface area contributed by atoms with Crippen molar-refractivity contribution in [1.29, 1.82) is 0 Å². The topological polar surface area (TPSA) is 61.8 Å². The number of ketones is 2. The minimum atomic E-state index is -1.78. The number of rotatable bonds is 8. The Morgan fingerprint density at radius 3 is 1.83 bits per heavy atom. The molecule has 24 heavy (non-hydrogen) atoms. The fourth-order valence-corrected chi connectivity index (χ4v) is 2.35. The molecule has 0 N–H and O–H groups in total. The van der Waals surface area contributed by atoms with Gasteiger partial charge >= 0.3 is 5.97 Å². The van der Waals surface area contributed by atoms with Gasteiger partial charge in [0.1, 0.15) is 0 Å². The van der Waals surface area contributed by atoms with E-state index in [0.29, 0.717) is 16.7 Å². The summed E-state index contributed by atoms with van der Waals surface area (Å²) in [5.41, 5.74) is 1.42. The van der Waals surface area contributed by atoms with Crippen LogP contribution in [0.2, 0.25) is 0 Å². The normalized spacial score (nSPS) is 11.3. The highest BCUT2D eigenvalue weighted by Crippen LogP contribution is 2.21. The molecule has 0 spiro atoms. The van der Waals surface area contributed by atoms with E-state index in [1.165, 1.54) is 14.2 Å². The van der Waals surface area contributed by atoms with E-state index >= 15 is 0 Å². The number of ether oxygens (including phenoxy) is 3. The van der Waals surface area contributed by atoms with Crippen molar-refractivity contribution in [3.8, 4) is 0 Å². The molecule has 0 amide bonds. The molecule has 0 radical (unpaired) electrons. The number of Topliss-reactive ketones (excluding diaryl/α,β-unsaturated/α-hetero) is 1. The summed E-state index contributed by atoms with van der Waals surface area (Å²) in [5, 5.41) is 0. The lowest BCUT2D eigenvalue weighted by molar-refractivity contribution is -0.321. The van der Waals surface area contributed by atoms with Crippen LogP contribution in [0.1, 0.15) is 33.2 Å². The molecule has 5 heteroatoms. The molecule has 0 bridgehead atoms. The van der Waals surface area contributed by atoms with Crippen molar-refractivity contribution < 1.29 is 23.8 Å². The van der Waals surface area contributed by atoms with Gasteiger partial charge in [0.2, 0.25) is 0 Å². The molecule has 2 rings (SSSR count). The van der Waals surface area contributed by atoms with Gasteiger partial charge < -0.3 is 14.2 Å². The first kappa shape index (κ1) is 18.0. The van der Waals surface area contributed by atoms with Crippen LogP contribution in [0.25, 0.3) is 0 Å². The van der Waals surface area contributed by atoms with Gasteiger partial charge in [-0.25, -0.2) is 0 Å². The van der Waals surface area contributed by atoms with E-state index in [1.54, 1.807) is 55.5 Å². The highest BCUT2D eigenvalue weighted by molar-refractivity contribution is 6.09. The molecule has 0 unspecified atom stereocenters. The second-order valence-electron chi connectivity index (χ2n) is 5.00. The maximum Gasteiger partial charge on any atom is 0.351 e. The van der Waals surface area contributed by atoms with Crippen molar-refractivity contribution in [2.24, 2.45) is 0 Å². The van der Waals surface area contributed by atoms with E-state index in [4.69, 9.17) is 14.2 Å². The average molecular weight is 328 g/mol. The van der Waals surface area contributed by atoms with Crippen LogP contribution >= 0.6 is 0 Å². The highest BCUT2D eigenvalue weighted by atomic mass is 16.9. The monoisotopic (exact) mass is 328 g/mol. The Morgan fingerprint density at radius 2 is 1.33 bits per heavy atom. The van der Waals surface area contributed by atoms with Gasteiger partial charge in [0.05, 0.1) is 6.61 Å². The molecule has 0 aliphatic carbocycles. The molecule has 0 saturated heterocycles. The van der Waals surface area contributed by atoms with Gasteiger partial charge in [-0.15, -0.1) is 0 Å². The van der Waals surface area contributed by atoms with Crippen LogP contribution in [0.4, 0.5) is 0 Å². The minimum absolute atomic E-state index is 0.107. The Balaban J connectivity index is 2.25. The summed E-state index contributed by atoms with van der Waals surface area (Å²) in [6.07, 6.45) is 0. The molecule has 0 aromatic heterocycles. The maximum absolute atomic E-state index is 12.6. The number of carbonyl (C=O) groups is 2. The summed E-state index contributed by atoms with van der Waals surface area (Å²) in [7, 11) is 2.68. The standard InChI is InChI=1S/C19H20O5/c1-4-24-19(22-2,23-3)18(21)16-12-10-15(11-13-16)17(20)14-8-6-5-7-9-14/h5-13H,4H2,1-3H3. The summed E-state index contributed by atoms with van der Waals surface area (Å²) in [6.45, 7) is 1.99. The molecule has 0 aliphatic rings. The van der Waals surface area contributed by atoms with E-state index in [9.17, 15) is 9.59 Å². The molecule has 0 saturated carbocycles. The number of carbonyl (C=O) groups excluding carboxylic acids is 2. The zero-order valence-corrected chi connectivity index (χ0v) is 13.9. The average Bonchev–Trinajstić information content (AvgIpc) is 2.66. The van der Waals surface area contributed by atoms with Gasteiger partial charge in [0.15, 0.2) is 5.78 Å². The van der Waals surface area contributed by atoms with Crippen LogP contribution in [0.15, 0.2) is 54.6 Å². The van der Waals surface area contributed by atoms with Gasteiger partial charge in [-0.3, -0.25) is 9.59 Å². The predicted molar refractivity (Wildman–Crippen MR) is 89.0 cm³/mol. The number of methoxy groups -OCH3 is 2. The van der Waals surface area contributed by atoms with Gasteiger partial charge in [0, 0.05) is 30.9 Å². The van der Waals surface area contributed by atoms with Gasteiger partial charge in [-0.1, -0.05) is 54.6 Å². The first-order valence-electron chi connectivity index (χ1n) is 7.56. The Bertz CT molecular complexity index is 687. The second-order valence-corrected chi connectivity index (χ2v) is 5.00. The first-order chi connectivity index (χ1) is 11.6. The molecule has 126 valence electrons. The van der Waals surface area contributed by atoms with Crippen molar-refractivity contribution in [1.82, 2.24) is 0 Å². The molecule has 0 atom stereocenters. The second kappa shape index (κ2) is 7.97. The third-order valence-electron chi connectivity index (χ3n) is 3.60. The summed E-state index contributed by atoms with van der Waals surface area (Å²) in [6, 6.07) is 15.3. The predicted octanol–water partition coefficient (Wildman–Crippen LogP) is 3.08. The third kappa shape index (κ3) is 3.59. The van der Waals surface area contributed by atoms with Crippen LogP contribution in [0.3, 0.4) is 0 Å². The quantitative estimate of drug-likeness (QED) is 0.550. The largest absolute Gasteiger partial charge is 0.351 e. The van der Waals surface area contributed by atoms with Crippen LogP contribution in [-0.4, -0.2) is 38.4 Å². The summed E-state index contributed by atoms with van der Waals surface area (Å²) < 4.78 is 15.6. The molecule has 0 fully saturated rings. The summed E-state index contributed by atoms with van der Waals surface area (Å²) in [4.78, 5) is 25.0. The van der Waals surface area contributed by atoms with Crippen molar-refractivity contribution in [2.45, 2.75) is 12.9 Å². The highest BCUT2D eigenvalue weighted by Gasteiger charge is 2.41. The number of benzene rings is 2. The first-order valence-corrected chi connectivity index (χ1v) is 7.56. The van der Waals surface area contributed by atoms with E-state index in [0.717, 1.165) is 0 Å². The SMILES string of the molecule is CCOC(OC)(OC)C(=O)c1ccc(C(=O)c2ccccc2)cc1. The van der Waals surface area contributed by atoms with Crippen LogP contribution in [-0.2, 0) is 14.2 Å². The Morgan fingerprint density at radius 1 is 0.833 bits per heavy atom. The fourth-order valence-electron chi connectivity index (χ4n) is 2.35. The van der Waals surface area contributed by atoms with E-state index in [2.05, 4.69) is 0 Å². The Hall–Kier alpha value is -2.34. The van der Waals surface area contributed by atoms with Crippen molar-refractivity contribution >= 4 is 11.6 Å². The fraction of sp³-hybridized carbons (Fsp3) is 0.263. The lowest BCUT2D eigenvalue weighted by atomic mass is 10.0. The lowest BCUT2D eigenvalue weighted by Crippen LogP contribution is -2.45. The summed E-state index contributed by atoms with van der Waals surface area (Å²) >= 11 is 0. The number of hydrogen-bond acceptors (Lipinski definition) is 5. The van der Waals surface area contributed by atoms with Crippen molar-refractivity contribution in [3.63, 3.8) is 0 Å². The Labute approximate surface area is 141 Å². The molecule has 2 aromatic carbocycles. The molecule has 0 heterocycles. The van der Waals surface area contributed by atoms with Crippen molar-refractivity contribution in [2.75, 3.05) is 20.8 Å². The Kier molecular flexibility index (Phi) is 5.98. The molecular formula is C19H20O5. The molecular weight excluding hydrogens is 308 g/mol. The van der Waals surface area contributed by atoms with Crippen LogP contribution in [0, 0.1) is 0 Å².